The smallest absolute Gasteiger partial charge is 0.243 e. The zero-order valence-electron chi connectivity index (χ0n) is 13.8. The van der Waals surface area contributed by atoms with Crippen molar-refractivity contribution in [2.24, 2.45) is 4.99 Å². The first-order valence-electron chi connectivity index (χ1n) is 7.33. The maximum absolute atomic E-state index is 11.5. The summed E-state index contributed by atoms with van der Waals surface area (Å²) in [6, 6.07) is 0. The molecule has 0 fully saturated rings. The number of hydrogen-bond donors (Lipinski definition) is 2. The number of hydrogen-bond acceptors (Lipinski definition) is 3. The Bertz CT molecular complexity index is 286. The fourth-order valence-electron chi connectivity index (χ4n) is 1.49. The molecule has 0 aromatic rings. The van der Waals surface area contributed by atoms with Gasteiger partial charge in [0.05, 0.1) is 6.61 Å². The number of guanidine groups is 1. The fourth-order valence-corrected chi connectivity index (χ4v) is 1.49. The predicted octanol–water partition coefficient (Wildman–Crippen LogP) is 1.45. The lowest BCUT2D eigenvalue weighted by atomic mass is 10.2. The van der Waals surface area contributed by atoms with Crippen LogP contribution in [-0.2, 0) is 9.53 Å². The molecule has 6 nitrogen and oxygen atoms in total. The van der Waals surface area contributed by atoms with Crippen molar-refractivity contribution in [3.8, 4) is 0 Å². The van der Waals surface area contributed by atoms with Crippen LogP contribution in [0.2, 0.25) is 0 Å². The lowest BCUT2D eigenvalue weighted by molar-refractivity contribution is -0.127. The molecule has 0 aliphatic rings. The number of halogens is 1. The Hall–Kier alpha value is -0.570. The van der Waals surface area contributed by atoms with Gasteiger partial charge < -0.3 is 20.3 Å². The average Bonchev–Trinajstić information content (AvgIpc) is 2.43. The quantitative estimate of drug-likeness (QED) is 0.246. The number of carbonyl (C=O) groups is 1. The van der Waals surface area contributed by atoms with Crippen LogP contribution >= 0.6 is 24.0 Å². The number of aliphatic imine (C=N–C) groups is 1. The maximum atomic E-state index is 11.5. The van der Waals surface area contributed by atoms with E-state index in [2.05, 4.69) is 22.5 Å². The number of amides is 1. The molecule has 0 aliphatic heterocycles. The second kappa shape index (κ2) is 15.8. The molecular weight excluding hydrogens is 383 g/mol. The fraction of sp³-hybridized carbons (Fsp3) is 0.857. The van der Waals surface area contributed by atoms with Gasteiger partial charge in [-0.3, -0.25) is 4.79 Å². The summed E-state index contributed by atoms with van der Waals surface area (Å²) in [6.07, 6.45) is 4.81. The zero-order chi connectivity index (χ0) is 15.2. The second-order valence-electron chi connectivity index (χ2n) is 4.86. The minimum absolute atomic E-state index is 0. The van der Waals surface area contributed by atoms with Crippen molar-refractivity contribution in [2.75, 3.05) is 47.4 Å². The molecule has 0 radical (unpaired) electrons. The third kappa shape index (κ3) is 14.1. The van der Waals surface area contributed by atoms with Crippen molar-refractivity contribution in [3.63, 3.8) is 0 Å². The van der Waals surface area contributed by atoms with Crippen molar-refractivity contribution in [1.29, 1.82) is 0 Å². The summed E-state index contributed by atoms with van der Waals surface area (Å²) in [4.78, 5) is 17.4. The molecule has 21 heavy (non-hydrogen) atoms. The maximum Gasteiger partial charge on any atom is 0.243 e. The third-order valence-electron chi connectivity index (χ3n) is 2.79. The molecule has 0 aromatic heterocycles. The first-order chi connectivity index (χ1) is 9.61. The Kier molecular flexibility index (Phi) is 17.1. The van der Waals surface area contributed by atoms with Crippen molar-refractivity contribution >= 4 is 35.8 Å². The minimum Gasteiger partial charge on any atom is -0.383 e. The van der Waals surface area contributed by atoms with Gasteiger partial charge in [0.2, 0.25) is 5.91 Å². The molecular formula is C14H31IN4O2. The van der Waals surface area contributed by atoms with E-state index in [1.54, 1.807) is 21.2 Å². The van der Waals surface area contributed by atoms with Gasteiger partial charge in [0, 0.05) is 34.3 Å². The van der Waals surface area contributed by atoms with Crippen LogP contribution in [0.5, 0.6) is 0 Å². The minimum atomic E-state index is -0.0103. The number of carbonyl (C=O) groups excluding carboxylic acids is 1. The summed E-state index contributed by atoms with van der Waals surface area (Å²) < 4.78 is 4.99. The molecule has 7 heteroatoms. The highest BCUT2D eigenvalue weighted by Crippen LogP contribution is 1.96. The van der Waals surface area contributed by atoms with E-state index in [9.17, 15) is 4.79 Å². The average molecular weight is 414 g/mol. The van der Waals surface area contributed by atoms with E-state index in [0.29, 0.717) is 19.1 Å². The SMILES string of the molecule is CCCCCCNC(=NCC(=O)N(C)C)NCCOC.I. The first-order valence-corrected chi connectivity index (χ1v) is 7.33. The highest BCUT2D eigenvalue weighted by molar-refractivity contribution is 14.0. The molecule has 126 valence electrons. The molecule has 0 rings (SSSR count). The van der Waals surface area contributed by atoms with Crippen LogP contribution in [0.1, 0.15) is 32.6 Å². The standard InChI is InChI=1S/C14H30N4O2.HI/c1-5-6-7-8-9-15-14(16-10-11-20-4)17-12-13(19)18(2)3;/h5-12H2,1-4H3,(H2,15,16,17);1H. The number of ether oxygens (including phenoxy) is 1. The van der Waals surface area contributed by atoms with E-state index in [0.717, 1.165) is 13.0 Å². The molecule has 0 heterocycles. The largest absolute Gasteiger partial charge is 0.383 e. The van der Waals surface area contributed by atoms with Crippen LogP contribution in [0, 0.1) is 0 Å². The molecule has 0 spiro atoms. The summed E-state index contributed by atoms with van der Waals surface area (Å²) in [6.45, 7) is 4.50. The van der Waals surface area contributed by atoms with E-state index in [-0.39, 0.29) is 36.4 Å². The van der Waals surface area contributed by atoms with Gasteiger partial charge in [0.15, 0.2) is 5.96 Å². The van der Waals surface area contributed by atoms with Crippen molar-refractivity contribution in [2.45, 2.75) is 32.6 Å². The molecule has 1 amide bonds. The molecule has 2 N–H and O–H groups in total. The van der Waals surface area contributed by atoms with Crippen LogP contribution in [0.25, 0.3) is 0 Å². The number of nitrogens with zero attached hydrogens (tertiary/aromatic N) is 2. The Morgan fingerprint density at radius 2 is 1.81 bits per heavy atom. The van der Waals surface area contributed by atoms with E-state index in [1.807, 2.05) is 0 Å². The van der Waals surface area contributed by atoms with Gasteiger partial charge in [-0.1, -0.05) is 26.2 Å². The van der Waals surface area contributed by atoms with Crippen molar-refractivity contribution in [1.82, 2.24) is 15.5 Å². The third-order valence-corrected chi connectivity index (χ3v) is 2.79. The van der Waals surface area contributed by atoms with E-state index >= 15 is 0 Å². The summed E-state index contributed by atoms with van der Waals surface area (Å²) in [7, 11) is 5.12. The van der Waals surface area contributed by atoms with Crippen LogP contribution in [0.4, 0.5) is 0 Å². The van der Waals surface area contributed by atoms with Gasteiger partial charge in [-0.15, -0.1) is 24.0 Å². The van der Waals surface area contributed by atoms with Crippen molar-refractivity contribution < 1.29 is 9.53 Å². The lowest BCUT2D eigenvalue weighted by Gasteiger charge is -2.13. The van der Waals surface area contributed by atoms with Crippen LogP contribution in [0.3, 0.4) is 0 Å². The second-order valence-corrected chi connectivity index (χ2v) is 4.86. The van der Waals surface area contributed by atoms with Crippen LogP contribution in [0.15, 0.2) is 4.99 Å². The van der Waals surface area contributed by atoms with E-state index < -0.39 is 0 Å². The zero-order valence-corrected chi connectivity index (χ0v) is 16.1. The number of likely N-dealkylation sites (N-methyl/N-ethyl adjacent to an activating group) is 1. The van der Waals surface area contributed by atoms with Crippen LogP contribution < -0.4 is 10.6 Å². The Labute approximate surface area is 146 Å². The molecule has 0 saturated carbocycles. The predicted molar refractivity (Wildman–Crippen MR) is 98.4 cm³/mol. The van der Waals surface area contributed by atoms with Crippen LogP contribution in [-0.4, -0.2) is 64.2 Å². The molecule has 0 saturated heterocycles. The molecule has 0 unspecified atom stereocenters. The topological polar surface area (TPSA) is 66.0 Å². The van der Waals surface area contributed by atoms with Crippen molar-refractivity contribution in [3.05, 3.63) is 0 Å². The summed E-state index contributed by atoms with van der Waals surface area (Å²) in [5.41, 5.74) is 0. The highest BCUT2D eigenvalue weighted by Gasteiger charge is 2.04. The number of nitrogens with one attached hydrogen (secondary N) is 2. The Morgan fingerprint density at radius 3 is 2.38 bits per heavy atom. The summed E-state index contributed by atoms with van der Waals surface area (Å²) in [5.74, 6) is 0.664. The Morgan fingerprint density at radius 1 is 1.14 bits per heavy atom. The van der Waals surface area contributed by atoms with Gasteiger partial charge in [-0.05, 0) is 6.42 Å². The first kappa shape index (κ1) is 22.7. The van der Waals surface area contributed by atoms with Gasteiger partial charge in [0.25, 0.3) is 0 Å². The summed E-state index contributed by atoms with van der Waals surface area (Å²) >= 11 is 0. The van der Waals surface area contributed by atoms with Gasteiger partial charge in [-0.25, -0.2) is 4.99 Å². The Balaban J connectivity index is 0. The molecule has 0 atom stereocenters. The highest BCUT2D eigenvalue weighted by atomic mass is 127. The van der Waals surface area contributed by atoms with Gasteiger partial charge in [0.1, 0.15) is 6.54 Å². The molecule has 0 bridgehead atoms. The monoisotopic (exact) mass is 414 g/mol. The lowest BCUT2D eigenvalue weighted by Crippen LogP contribution is -2.40. The van der Waals surface area contributed by atoms with E-state index in [1.165, 1.54) is 24.2 Å². The van der Waals surface area contributed by atoms with Gasteiger partial charge >= 0.3 is 0 Å². The number of unbranched alkanes of at least 4 members (excludes halogenated alkanes) is 3. The summed E-state index contributed by atoms with van der Waals surface area (Å²) in [5, 5.41) is 6.39. The molecule has 0 aromatic carbocycles. The number of methoxy groups -OCH3 is 1. The van der Waals surface area contributed by atoms with E-state index in [4.69, 9.17) is 4.74 Å². The van der Waals surface area contributed by atoms with Gasteiger partial charge in [-0.2, -0.15) is 0 Å². The normalized spacial score (nSPS) is 10.8. The number of rotatable bonds is 10. The molecule has 0 aliphatic carbocycles.